The molecule has 0 radical (unpaired) electrons. The summed E-state index contributed by atoms with van der Waals surface area (Å²) in [5.41, 5.74) is 2.69. The van der Waals surface area contributed by atoms with Gasteiger partial charge in [0.25, 0.3) is 0 Å². The average molecular weight is 563 g/mol. The Morgan fingerprint density at radius 2 is 1.65 bits per heavy atom. The molecule has 2 amide bonds. The third-order valence-electron chi connectivity index (χ3n) is 9.92. The summed E-state index contributed by atoms with van der Waals surface area (Å²) >= 11 is 0. The minimum Gasteiger partial charge on any atom is -0.369 e. The van der Waals surface area contributed by atoms with Crippen molar-refractivity contribution in [3.05, 3.63) is 70.5 Å². The van der Waals surface area contributed by atoms with E-state index in [4.69, 9.17) is 5.73 Å². The van der Waals surface area contributed by atoms with Gasteiger partial charge in [0.2, 0.25) is 17.5 Å². The van der Waals surface area contributed by atoms with Crippen LogP contribution in [0, 0.1) is 17.2 Å². The van der Waals surface area contributed by atoms with E-state index in [2.05, 4.69) is 0 Å². The van der Waals surface area contributed by atoms with Crippen molar-refractivity contribution in [1.82, 2.24) is 4.90 Å². The number of hydrogen-bond donors (Lipinski definition) is 1. The van der Waals surface area contributed by atoms with Crippen LogP contribution in [0.5, 0.6) is 0 Å². The maximum absolute atomic E-state index is 14.9. The second-order valence-corrected chi connectivity index (χ2v) is 12.4. The van der Waals surface area contributed by atoms with Gasteiger partial charge >= 0.3 is 6.18 Å². The minimum atomic E-state index is -5.05. The van der Waals surface area contributed by atoms with Crippen molar-refractivity contribution in [2.75, 3.05) is 6.54 Å². The average Bonchev–Trinajstić information content (AvgIpc) is 3.28. The molecule has 2 aromatic carbocycles. The molecule has 1 saturated carbocycles. The highest BCUT2D eigenvalue weighted by molar-refractivity contribution is 5.84. The molecule has 5 rings (SSSR count). The Morgan fingerprint density at radius 3 is 2.25 bits per heavy atom. The zero-order valence-corrected chi connectivity index (χ0v) is 22.8. The van der Waals surface area contributed by atoms with Crippen molar-refractivity contribution < 1.29 is 31.5 Å². The summed E-state index contributed by atoms with van der Waals surface area (Å²) in [5, 5.41) is 0. The number of rotatable bonds is 5. The van der Waals surface area contributed by atoms with Crippen LogP contribution in [0.4, 0.5) is 22.0 Å². The number of primary amides is 1. The molecule has 0 spiro atoms. The SMILES string of the molecule is CC1(C(=O)N2CC[C@@]3(Cc4ccc(F)cc4)c4ccc(C(C)(F)C(F)(F)F)cc4CC[C@@H]23)CCC(C(N)=O)CC1. The van der Waals surface area contributed by atoms with Crippen LogP contribution in [0.3, 0.4) is 0 Å². The summed E-state index contributed by atoms with van der Waals surface area (Å²) in [7, 11) is 0. The summed E-state index contributed by atoms with van der Waals surface area (Å²) in [6.45, 7) is 2.96. The van der Waals surface area contributed by atoms with Gasteiger partial charge in [-0.25, -0.2) is 8.78 Å². The van der Waals surface area contributed by atoms with Gasteiger partial charge in [-0.15, -0.1) is 0 Å². The zero-order valence-electron chi connectivity index (χ0n) is 22.8. The molecule has 3 aliphatic rings. The molecule has 40 heavy (non-hydrogen) atoms. The van der Waals surface area contributed by atoms with Crippen LogP contribution in [-0.4, -0.2) is 35.5 Å². The van der Waals surface area contributed by atoms with E-state index in [0.717, 1.165) is 11.1 Å². The number of hydrogen-bond acceptors (Lipinski definition) is 2. The molecule has 1 saturated heterocycles. The van der Waals surface area contributed by atoms with Gasteiger partial charge < -0.3 is 10.6 Å². The molecule has 3 atom stereocenters. The highest BCUT2D eigenvalue weighted by Gasteiger charge is 2.57. The Morgan fingerprint density at radius 1 is 1.00 bits per heavy atom. The van der Waals surface area contributed by atoms with E-state index in [1.165, 1.54) is 24.3 Å². The van der Waals surface area contributed by atoms with Crippen molar-refractivity contribution in [2.45, 2.75) is 88.5 Å². The smallest absolute Gasteiger partial charge is 0.369 e. The third-order valence-corrected chi connectivity index (χ3v) is 9.92. The maximum Gasteiger partial charge on any atom is 0.426 e. The van der Waals surface area contributed by atoms with Gasteiger partial charge in [-0.2, -0.15) is 13.2 Å². The second kappa shape index (κ2) is 9.84. The van der Waals surface area contributed by atoms with Crippen LogP contribution in [0.1, 0.15) is 74.6 Å². The van der Waals surface area contributed by atoms with Crippen LogP contribution < -0.4 is 5.73 Å². The molecular formula is C31H35F5N2O2. The van der Waals surface area contributed by atoms with E-state index >= 15 is 0 Å². The predicted octanol–water partition coefficient (Wildman–Crippen LogP) is 6.28. The molecule has 2 fully saturated rings. The second-order valence-electron chi connectivity index (χ2n) is 12.4. The van der Waals surface area contributed by atoms with Gasteiger partial charge in [0, 0.05) is 29.3 Å². The molecule has 2 N–H and O–H groups in total. The van der Waals surface area contributed by atoms with Crippen molar-refractivity contribution in [3.8, 4) is 0 Å². The molecule has 1 aliphatic heterocycles. The van der Waals surface area contributed by atoms with Gasteiger partial charge in [-0.1, -0.05) is 37.3 Å². The standard InChI is InChI=1S/C31H35F5N2O2/c1-28(13-11-20(12-14-28)26(37)39)27(40)38-16-15-30(18-19-3-7-23(32)8-4-19)24-9-6-22(29(2,33)31(34,35)36)17-21(24)5-10-25(30)38/h3-4,6-9,17,20,25H,5,10-16,18H2,1-2H3,(H2,37,39)/t20?,25-,28?,29?,30-/m1/s1. The number of nitrogens with two attached hydrogens (primary N) is 1. The van der Waals surface area contributed by atoms with Gasteiger partial charge in [0.1, 0.15) is 5.82 Å². The number of amides is 2. The van der Waals surface area contributed by atoms with Crippen LogP contribution in [0.15, 0.2) is 42.5 Å². The number of halogens is 5. The molecule has 0 aromatic heterocycles. The summed E-state index contributed by atoms with van der Waals surface area (Å²) < 4.78 is 69.1. The van der Waals surface area contributed by atoms with Crippen molar-refractivity contribution >= 4 is 11.8 Å². The van der Waals surface area contributed by atoms with E-state index < -0.39 is 28.2 Å². The molecule has 216 valence electrons. The highest BCUT2D eigenvalue weighted by atomic mass is 19.4. The minimum absolute atomic E-state index is 0.0230. The lowest BCUT2D eigenvalue weighted by Crippen LogP contribution is -2.53. The number of aryl methyl sites for hydroxylation is 1. The van der Waals surface area contributed by atoms with Crippen LogP contribution in [0.2, 0.25) is 0 Å². The topological polar surface area (TPSA) is 63.4 Å². The molecule has 1 unspecified atom stereocenters. The number of carbonyl (C=O) groups excluding carboxylic acids is 2. The molecule has 9 heteroatoms. The number of alkyl halides is 4. The van der Waals surface area contributed by atoms with Gasteiger partial charge in [-0.05, 0) is 92.7 Å². The van der Waals surface area contributed by atoms with E-state index in [1.807, 2.05) is 11.8 Å². The first kappa shape index (κ1) is 28.6. The molecule has 1 heterocycles. The quantitative estimate of drug-likeness (QED) is 0.436. The van der Waals surface area contributed by atoms with E-state index in [9.17, 15) is 31.5 Å². The summed E-state index contributed by atoms with van der Waals surface area (Å²) in [6.07, 6.45) is -0.827. The van der Waals surface area contributed by atoms with E-state index in [0.29, 0.717) is 70.4 Å². The van der Waals surface area contributed by atoms with Crippen molar-refractivity contribution in [3.63, 3.8) is 0 Å². The largest absolute Gasteiger partial charge is 0.426 e. The van der Waals surface area contributed by atoms with Crippen LogP contribution >= 0.6 is 0 Å². The van der Waals surface area contributed by atoms with E-state index in [1.54, 1.807) is 18.2 Å². The third kappa shape index (κ3) is 4.69. The van der Waals surface area contributed by atoms with E-state index in [-0.39, 0.29) is 29.6 Å². The fourth-order valence-electron chi connectivity index (χ4n) is 7.33. The Kier molecular flexibility index (Phi) is 7.02. The van der Waals surface area contributed by atoms with Crippen molar-refractivity contribution in [2.24, 2.45) is 17.1 Å². The fourth-order valence-corrected chi connectivity index (χ4v) is 7.33. The van der Waals surface area contributed by atoms with Crippen molar-refractivity contribution in [1.29, 1.82) is 0 Å². The molecular weight excluding hydrogens is 527 g/mol. The summed E-state index contributed by atoms with van der Waals surface area (Å²) in [5.74, 6) is -0.920. The van der Waals surface area contributed by atoms with Crippen LogP contribution in [-0.2, 0) is 33.5 Å². The first-order valence-electron chi connectivity index (χ1n) is 13.9. The summed E-state index contributed by atoms with van der Waals surface area (Å²) in [6, 6.07) is 10.1. The molecule has 0 bridgehead atoms. The normalized spacial score (nSPS) is 29.8. The summed E-state index contributed by atoms with van der Waals surface area (Å²) in [4.78, 5) is 27.7. The lowest BCUT2D eigenvalue weighted by molar-refractivity contribution is -0.228. The highest BCUT2D eigenvalue weighted by Crippen LogP contribution is 2.52. The Hall–Kier alpha value is -2.97. The van der Waals surface area contributed by atoms with Crippen LogP contribution in [0.25, 0.3) is 0 Å². The predicted molar refractivity (Wildman–Crippen MR) is 140 cm³/mol. The number of carbonyl (C=O) groups is 2. The Labute approximate surface area is 231 Å². The lowest BCUT2D eigenvalue weighted by atomic mass is 9.63. The molecule has 4 nitrogen and oxygen atoms in total. The monoisotopic (exact) mass is 562 g/mol. The Balaban J connectivity index is 1.52. The molecule has 2 aromatic rings. The first-order valence-corrected chi connectivity index (χ1v) is 13.9. The maximum atomic E-state index is 14.9. The number of fused-ring (bicyclic) bond motifs is 3. The number of nitrogens with zero attached hydrogens (tertiary/aromatic N) is 1. The first-order chi connectivity index (χ1) is 18.7. The number of benzene rings is 2. The zero-order chi connectivity index (χ0) is 29.1. The fraction of sp³-hybridized carbons (Fsp3) is 0.548. The Bertz CT molecular complexity index is 1300. The van der Waals surface area contributed by atoms with Gasteiger partial charge in [0.05, 0.1) is 0 Å². The number of likely N-dealkylation sites (tertiary alicyclic amines) is 1. The lowest BCUT2D eigenvalue weighted by Gasteiger charge is -2.46. The van der Waals surface area contributed by atoms with Gasteiger partial charge in [0.15, 0.2) is 0 Å². The van der Waals surface area contributed by atoms with Gasteiger partial charge in [-0.3, -0.25) is 9.59 Å². The molecule has 2 aliphatic carbocycles.